The monoisotopic (exact) mass is 505 g/mol. The third-order valence-electron chi connectivity index (χ3n) is 5.37. The summed E-state index contributed by atoms with van der Waals surface area (Å²) < 4.78 is 33.6. The zero-order chi connectivity index (χ0) is 26.1. The van der Waals surface area contributed by atoms with Crippen LogP contribution in [0.2, 0.25) is 0 Å². The molecule has 0 aromatic heterocycles. The molecule has 0 fully saturated rings. The molecule has 36 heavy (non-hydrogen) atoms. The Morgan fingerprint density at radius 3 is 2.42 bits per heavy atom. The van der Waals surface area contributed by atoms with Crippen LogP contribution in [-0.2, 0) is 14.8 Å². The number of sulfonamides is 1. The van der Waals surface area contributed by atoms with E-state index in [9.17, 15) is 13.2 Å². The summed E-state index contributed by atoms with van der Waals surface area (Å²) in [5, 5.41) is 3.99. The molecule has 3 aromatic rings. The SMILES string of the molecule is C=CCOc1cccc(/C=N\NC(=O)CN(c2ccc(C(C)C)cc2)S(=O)(=O)c2ccc(C)cc2)c1. The van der Waals surface area contributed by atoms with Crippen molar-refractivity contribution in [1.82, 2.24) is 5.43 Å². The quantitative estimate of drug-likeness (QED) is 0.225. The zero-order valence-corrected chi connectivity index (χ0v) is 21.5. The maximum absolute atomic E-state index is 13.5. The van der Waals surface area contributed by atoms with Crippen LogP contribution in [0.25, 0.3) is 0 Å². The van der Waals surface area contributed by atoms with Crippen molar-refractivity contribution in [3.05, 3.63) is 102 Å². The number of anilines is 1. The van der Waals surface area contributed by atoms with Crippen molar-refractivity contribution in [2.24, 2.45) is 5.10 Å². The molecule has 3 rings (SSSR count). The number of carbonyl (C=O) groups is 1. The van der Waals surface area contributed by atoms with Crippen molar-refractivity contribution < 1.29 is 17.9 Å². The van der Waals surface area contributed by atoms with E-state index in [1.807, 2.05) is 19.1 Å². The van der Waals surface area contributed by atoms with Gasteiger partial charge in [0.15, 0.2) is 0 Å². The minimum atomic E-state index is -3.99. The molecule has 0 aliphatic rings. The van der Waals surface area contributed by atoms with Crippen molar-refractivity contribution in [2.45, 2.75) is 31.6 Å². The summed E-state index contributed by atoms with van der Waals surface area (Å²) in [6, 6.07) is 20.9. The van der Waals surface area contributed by atoms with Crippen LogP contribution >= 0.6 is 0 Å². The summed E-state index contributed by atoms with van der Waals surface area (Å²) in [6.45, 7) is 9.56. The molecule has 188 valence electrons. The fourth-order valence-electron chi connectivity index (χ4n) is 3.36. The molecule has 8 heteroatoms. The second kappa shape index (κ2) is 12.2. The predicted molar refractivity (Wildman–Crippen MR) is 144 cm³/mol. The van der Waals surface area contributed by atoms with Crippen molar-refractivity contribution in [1.29, 1.82) is 0 Å². The van der Waals surface area contributed by atoms with Gasteiger partial charge < -0.3 is 4.74 Å². The number of hydrogen-bond donors (Lipinski definition) is 1. The molecule has 0 aliphatic carbocycles. The molecule has 0 saturated carbocycles. The van der Waals surface area contributed by atoms with Gasteiger partial charge in [0, 0.05) is 0 Å². The lowest BCUT2D eigenvalue weighted by molar-refractivity contribution is -0.119. The van der Waals surface area contributed by atoms with Crippen molar-refractivity contribution >= 4 is 27.8 Å². The van der Waals surface area contributed by atoms with E-state index >= 15 is 0 Å². The Bertz CT molecular complexity index is 1320. The zero-order valence-electron chi connectivity index (χ0n) is 20.7. The summed E-state index contributed by atoms with van der Waals surface area (Å²) in [7, 11) is -3.99. The first-order valence-electron chi connectivity index (χ1n) is 11.6. The van der Waals surface area contributed by atoms with E-state index in [0.717, 1.165) is 15.4 Å². The molecule has 1 amide bonds. The van der Waals surface area contributed by atoms with Crippen LogP contribution in [0.1, 0.15) is 36.5 Å². The summed E-state index contributed by atoms with van der Waals surface area (Å²) in [4.78, 5) is 12.9. The van der Waals surface area contributed by atoms with E-state index in [-0.39, 0.29) is 4.90 Å². The van der Waals surface area contributed by atoms with Gasteiger partial charge in [-0.05, 0) is 60.4 Å². The average molecular weight is 506 g/mol. The van der Waals surface area contributed by atoms with E-state index in [4.69, 9.17) is 4.74 Å². The number of nitrogens with zero attached hydrogens (tertiary/aromatic N) is 2. The standard InChI is InChI=1S/C28H31N3O4S/c1-5-17-35-26-8-6-7-23(18-26)19-29-30-28(32)20-31(25-13-11-24(12-14-25)21(2)3)36(33,34)27-15-9-22(4)10-16-27/h5-16,18-19,21H,1,17,20H2,2-4H3,(H,30,32)/b29-19-. The molecule has 0 bridgehead atoms. The van der Waals surface area contributed by atoms with Gasteiger partial charge in [0.05, 0.1) is 16.8 Å². The van der Waals surface area contributed by atoms with E-state index in [2.05, 4.69) is 31.0 Å². The molecule has 0 aliphatic heterocycles. The van der Waals surface area contributed by atoms with Crippen molar-refractivity contribution in [3.63, 3.8) is 0 Å². The fraction of sp³-hybridized carbons (Fsp3) is 0.214. The number of benzene rings is 3. The van der Waals surface area contributed by atoms with Crippen LogP contribution in [0.3, 0.4) is 0 Å². The Morgan fingerprint density at radius 2 is 1.78 bits per heavy atom. The number of carbonyl (C=O) groups excluding carboxylic acids is 1. The topological polar surface area (TPSA) is 88.1 Å². The number of nitrogens with one attached hydrogen (secondary N) is 1. The minimum Gasteiger partial charge on any atom is -0.490 e. The van der Waals surface area contributed by atoms with Gasteiger partial charge in [0.1, 0.15) is 18.9 Å². The molecule has 1 N–H and O–H groups in total. The molecule has 0 heterocycles. The van der Waals surface area contributed by atoms with Crippen LogP contribution < -0.4 is 14.5 Å². The second-order valence-corrected chi connectivity index (χ2v) is 10.4. The van der Waals surface area contributed by atoms with Gasteiger partial charge in [-0.15, -0.1) is 0 Å². The van der Waals surface area contributed by atoms with E-state index in [0.29, 0.717) is 29.5 Å². The average Bonchev–Trinajstić information content (AvgIpc) is 2.86. The summed E-state index contributed by atoms with van der Waals surface area (Å²) in [5.74, 6) is 0.360. The number of amides is 1. The van der Waals surface area contributed by atoms with Gasteiger partial charge in [-0.1, -0.05) is 68.5 Å². The number of ether oxygens (including phenoxy) is 1. The van der Waals surface area contributed by atoms with Crippen LogP contribution in [0, 0.1) is 6.92 Å². The highest BCUT2D eigenvalue weighted by atomic mass is 32.2. The molecule has 0 spiro atoms. The largest absolute Gasteiger partial charge is 0.490 e. The third kappa shape index (κ3) is 7.05. The molecule has 0 radical (unpaired) electrons. The van der Waals surface area contributed by atoms with Crippen LogP contribution in [0.5, 0.6) is 5.75 Å². The Balaban J connectivity index is 1.81. The van der Waals surface area contributed by atoms with Gasteiger partial charge in [-0.2, -0.15) is 5.10 Å². The second-order valence-electron chi connectivity index (χ2n) is 8.54. The maximum Gasteiger partial charge on any atom is 0.264 e. The Labute approximate surface area is 213 Å². The van der Waals surface area contributed by atoms with Gasteiger partial charge >= 0.3 is 0 Å². The van der Waals surface area contributed by atoms with E-state index < -0.39 is 22.5 Å². The molecule has 0 saturated heterocycles. The first-order chi connectivity index (χ1) is 17.2. The first kappa shape index (κ1) is 26.7. The van der Waals surface area contributed by atoms with Crippen molar-refractivity contribution in [3.8, 4) is 5.75 Å². The van der Waals surface area contributed by atoms with Crippen LogP contribution in [-0.4, -0.2) is 33.7 Å². The normalized spacial score (nSPS) is 11.4. The van der Waals surface area contributed by atoms with Gasteiger partial charge in [-0.25, -0.2) is 13.8 Å². The fourth-order valence-corrected chi connectivity index (χ4v) is 4.78. The van der Waals surface area contributed by atoms with Crippen LogP contribution in [0.4, 0.5) is 5.69 Å². The highest BCUT2D eigenvalue weighted by molar-refractivity contribution is 7.92. The predicted octanol–water partition coefficient (Wildman–Crippen LogP) is 5.03. The summed E-state index contributed by atoms with van der Waals surface area (Å²) >= 11 is 0. The molecular formula is C28H31N3O4S. The first-order valence-corrected chi connectivity index (χ1v) is 13.0. The Morgan fingerprint density at radius 1 is 1.08 bits per heavy atom. The molecule has 7 nitrogen and oxygen atoms in total. The third-order valence-corrected chi connectivity index (χ3v) is 7.16. The Hall–Kier alpha value is -3.91. The smallest absolute Gasteiger partial charge is 0.264 e. The van der Waals surface area contributed by atoms with Gasteiger partial charge in [0.25, 0.3) is 15.9 Å². The number of rotatable bonds is 11. The van der Waals surface area contributed by atoms with Gasteiger partial charge in [-0.3, -0.25) is 9.10 Å². The van der Waals surface area contributed by atoms with E-state index in [1.165, 1.54) is 18.3 Å². The lowest BCUT2D eigenvalue weighted by atomic mass is 10.0. The number of hydrazone groups is 1. The molecular weight excluding hydrogens is 474 g/mol. The van der Waals surface area contributed by atoms with E-state index in [1.54, 1.807) is 54.6 Å². The highest BCUT2D eigenvalue weighted by Crippen LogP contribution is 2.26. The van der Waals surface area contributed by atoms with Crippen molar-refractivity contribution in [2.75, 3.05) is 17.5 Å². The van der Waals surface area contributed by atoms with Crippen LogP contribution in [0.15, 0.2) is 95.4 Å². The summed E-state index contributed by atoms with van der Waals surface area (Å²) in [5.41, 5.74) is 5.54. The summed E-state index contributed by atoms with van der Waals surface area (Å²) in [6.07, 6.45) is 3.11. The number of hydrogen-bond acceptors (Lipinski definition) is 5. The minimum absolute atomic E-state index is 0.105. The lowest BCUT2D eigenvalue weighted by Crippen LogP contribution is -2.39. The molecule has 0 unspecified atom stereocenters. The number of aryl methyl sites for hydroxylation is 1. The molecule has 3 aromatic carbocycles. The Kier molecular flexibility index (Phi) is 9.02. The lowest BCUT2D eigenvalue weighted by Gasteiger charge is -2.24. The maximum atomic E-state index is 13.5. The van der Waals surface area contributed by atoms with Gasteiger partial charge in [0.2, 0.25) is 0 Å². The molecule has 0 atom stereocenters. The highest BCUT2D eigenvalue weighted by Gasteiger charge is 2.27.